The van der Waals surface area contributed by atoms with Gasteiger partial charge in [-0.05, 0) is 24.3 Å². The molecule has 4 nitrogen and oxygen atoms in total. The van der Waals surface area contributed by atoms with Crippen LogP contribution < -0.4 is 5.32 Å². The first-order valence-corrected chi connectivity index (χ1v) is 7.32. The van der Waals surface area contributed by atoms with Gasteiger partial charge < -0.3 is 5.32 Å². The monoisotopic (exact) mass is 319 g/mol. The molecule has 0 aliphatic carbocycles. The predicted molar refractivity (Wildman–Crippen MR) is 90.7 cm³/mol. The van der Waals surface area contributed by atoms with Crippen LogP contribution in [-0.4, -0.2) is 16.1 Å². The number of carbonyl (C=O) groups excluding carboxylic acids is 1. The van der Waals surface area contributed by atoms with Crippen LogP contribution in [0.1, 0.15) is 18.1 Å². The van der Waals surface area contributed by atoms with E-state index in [1.807, 2.05) is 30.3 Å². The summed E-state index contributed by atoms with van der Waals surface area (Å²) in [5.41, 5.74) is 2.51. The van der Waals surface area contributed by atoms with Crippen LogP contribution in [0.15, 0.2) is 54.6 Å². The molecule has 0 unspecified atom stereocenters. The summed E-state index contributed by atoms with van der Waals surface area (Å²) in [6.45, 7) is 1.39. The lowest BCUT2D eigenvalue weighted by Crippen LogP contribution is -2.07. The lowest BCUT2D eigenvalue weighted by molar-refractivity contribution is -0.114. The summed E-state index contributed by atoms with van der Waals surface area (Å²) in [5, 5.41) is 9.56. The number of aromatic nitrogens is 2. The van der Waals surface area contributed by atoms with Gasteiger partial charge in [0.05, 0.1) is 11.3 Å². The summed E-state index contributed by atoms with van der Waals surface area (Å²) in [7, 11) is 0. The first kappa shape index (κ1) is 15.5. The van der Waals surface area contributed by atoms with E-state index in [0.29, 0.717) is 22.6 Å². The molecule has 0 aliphatic rings. The average molecular weight is 319 g/mol. The Labute approximate surface area is 138 Å². The van der Waals surface area contributed by atoms with Crippen LogP contribution in [0.3, 0.4) is 0 Å². The number of hydrogen-bond acceptors (Lipinski definition) is 2. The van der Waals surface area contributed by atoms with Gasteiger partial charge in [-0.25, -0.2) is 4.39 Å². The summed E-state index contributed by atoms with van der Waals surface area (Å²) >= 11 is 0. The van der Waals surface area contributed by atoms with Crippen LogP contribution in [-0.2, 0) is 4.79 Å². The minimum atomic E-state index is -0.356. The highest BCUT2D eigenvalue weighted by molar-refractivity contribution is 5.91. The average Bonchev–Trinajstić information content (AvgIpc) is 2.96. The Morgan fingerprint density at radius 2 is 1.92 bits per heavy atom. The maximum atomic E-state index is 13.5. The molecule has 1 heterocycles. The molecule has 1 amide bonds. The molecule has 2 aromatic carbocycles. The molecule has 0 radical (unpaired) electrons. The quantitative estimate of drug-likeness (QED) is 0.709. The van der Waals surface area contributed by atoms with Crippen LogP contribution in [0, 0.1) is 17.7 Å². The number of H-pyrrole nitrogens is 1. The molecule has 0 bridgehead atoms. The summed E-state index contributed by atoms with van der Waals surface area (Å²) in [4.78, 5) is 11.4. The molecule has 0 spiro atoms. The molecule has 24 heavy (non-hydrogen) atoms. The van der Waals surface area contributed by atoms with Crippen molar-refractivity contribution in [3.05, 3.63) is 71.5 Å². The van der Waals surface area contributed by atoms with Crippen molar-refractivity contribution in [1.82, 2.24) is 10.2 Å². The Morgan fingerprint density at radius 3 is 2.62 bits per heavy atom. The predicted octanol–water partition coefficient (Wildman–Crippen LogP) is 3.57. The van der Waals surface area contributed by atoms with E-state index in [4.69, 9.17) is 0 Å². The van der Waals surface area contributed by atoms with Crippen molar-refractivity contribution in [2.45, 2.75) is 6.92 Å². The molecule has 0 fully saturated rings. The number of aromatic amines is 1. The summed E-state index contributed by atoms with van der Waals surface area (Å²) in [5.74, 6) is 5.76. The third-order valence-electron chi connectivity index (χ3n) is 3.28. The number of amides is 1. The molecule has 0 atom stereocenters. The van der Waals surface area contributed by atoms with Gasteiger partial charge in [-0.15, -0.1) is 0 Å². The Kier molecular flexibility index (Phi) is 4.39. The number of benzene rings is 2. The Hall–Kier alpha value is -3.39. The van der Waals surface area contributed by atoms with E-state index < -0.39 is 0 Å². The van der Waals surface area contributed by atoms with Gasteiger partial charge in [-0.3, -0.25) is 9.89 Å². The van der Waals surface area contributed by atoms with Gasteiger partial charge in [0.15, 0.2) is 5.82 Å². The smallest absolute Gasteiger partial charge is 0.222 e. The molecule has 2 N–H and O–H groups in total. The van der Waals surface area contributed by atoms with E-state index in [0.717, 1.165) is 5.56 Å². The highest BCUT2D eigenvalue weighted by Crippen LogP contribution is 2.26. The van der Waals surface area contributed by atoms with Gasteiger partial charge >= 0.3 is 0 Å². The maximum Gasteiger partial charge on any atom is 0.222 e. The number of anilines is 1. The van der Waals surface area contributed by atoms with Crippen molar-refractivity contribution in [3.8, 4) is 23.1 Å². The van der Waals surface area contributed by atoms with Gasteiger partial charge in [-0.2, -0.15) is 5.10 Å². The van der Waals surface area contributed by atoms with Gasteiger partial charge in [0, 0.05) is 18.1 Å². The summed E-state index contributed by atoms with van der Waals surface area (Å²) < 4.78 is 13.5. The highest BCUT2D eigenvalue weighted by Gasteiger charge is 2.14. The lowest BCUT2D eigenvalue weighted by Gasteiger charge is -2.01. The fourth-order valence-corrected chi connectivity index (χ4v) is 2.23. The fraction of sp³-hybridized carbons (Fsp3) is 0.0526. The molecule has 0 aliphatic heterocycles. The minimum Gasteiger partial charge on any atom is -0.308 e. The summed E-state index contributed by atoms with van der Waals surface area (Å²) in [6, 6.07) is 15.6. The first-order chi connectivity index (χ1) is 11.6. The van der Waals surface area contributed by atoms with Crippen LogP contribution in [0.4, 0.5) is 10.2 Å². The largest absolute Gasteiger partial charge is 0.308 e. The number of halogens is 1. The Morgan fingerprint density at radius 1 is 1.12 bits per heavy atom. The van der Waals surface area contributed by atoms with Crippen LogP contribution in [0.2, 0.25) is 0 Å². The zero-order chi connectivity index (χ0) is 16.9. The maximum absolute atomic E-state index is 13.5. The molecule has 1 aromatic heterocycles. The van der Waals surface area contributed by atoms with E-state index in [1.165, 1.54) is 19.1 Å². The highest BCUT2D eigenvalue weighted by atomic mass is 19.1. The van der Waals surface area contributed by atoms with Crippen molar-refractivity contribution in [2.24, 2.45) is 0 Å². The van der Waals surface area contributed by atoms with E-state index in [-0.39, 0.29) is 11.7 Å². The van der Waals surface area contributed by atoms with Crippen molar-refractivity contribution in [2.75, 3.05) is 5.32 Å². The standard InChI is InChI=1S/C19H14FN3O/c1-13(24)21-19-17(11-10-14-6-3-2-4-7-14)18(22-23-19)15-8-5-9-16(20)12-15/h2-9,12H,1H3,(H2,21,22,23,24). The van der Waals surface area contributed by atoms with Crippen LogP contribution in [0.25, 0.3) is 11.3 Å². The third-order valence-corrected chi connectivity index (χ3v) is 3.28. The molecule has 0 saturated heterocycles. The Balaban J connectivity index is 2.09. The van der Waals surface area contributed by atoms with Gasteiger partial charge in [-0.1, -0.05) is 42.2 Å². The second-order valence-electron chi connectivity index (χ2n) is 5.13. The number of nitrogens with one attached hydrogen (secondary N) is 2. The summed E-state index contributed by atoms with van der Waals surface area (Å²) in [6.07, 6.45) is 0. The van der Waals surface area contributed by atoms with E-state index >= 15 is 0 Å². The van der Waals surface area contributed by atoms with E-state index in [1.54, 1.807) is 12.1 Å². The van der Waals surface area contributed by atoms with Gasteiger partial charge in [0.25, 0.3) is 0 Å². The van der Waals surface area contributed by atoms with Gasteiger partial charge in [0.2, 0.25) is 5.91 Å². The lowest BCUT2D eigenvalue weighted by atomic mass is 10.1. The molecular weight excluding hydrogens is 305 g/mol. The van der Waals surface area contributed by atoms with E-state index in [2.05, 4.69) is 27.4 Å². The normalized spacial score (nSPS) is 9.92. The van der Waals surface area contributed by atoms with Crippen molar-refractivity contribution >= 4 is 11.7 Å². The topological polar surface area (TPSA) is 57.8 Å². The minimum absolute atomic E-state index is 0.255. The van der Waals surface area contributed by atoms with Crippen LogP contribution in [0.5, 0.6) is 0 Å². The molecule has 5 heteroatoms. The molecule has 3 rings (SSSR count). The second kappa shape index (κ2) is 6.80. The fourth-order valence-electron chi connectivity index (χ4n) is 2.23. The van der Waals surface area contributed by atoms with E-state index in [9.17, 15) is 9.18 Å². The third kappa shape index (κ3) is 3.50. The first-order valence-electron chi connectivity index (χ1n) is 7.32. The molecule has 0 saturated carbocycles. The number of rotatable bonds is 2. The second-order valence-corrected chi connectivity index (χ2v) is 5.13. The van der Waals surface area contributed by atoms with Gasteiger partial charge in [0.1, 0.15) is 5.82 Å². The molecule has 118 valence electrons. The zero-order valence-corrected chi connectivity index (χ0v) is 12.9. The van der Waals surface area contributed by atoms with Crippen LogP contribution >= 0.6 is 0 Å². The zero-order valence-electron chi connectivity index (χ0n) is 12.9. The molecule has 3 aromatic rings. The number of hydrogen-bond donors (Lipinski definition) is 2. The Bertz CT molecular complexity index is 936. The SMILES string of the molecule is CC(=O)Nc1n[nH]c(-c2cccc(F)c2)c1C#Cc1ccccc1. The van der Waals surface area contributed by atoms with Crippen molar-refractivity contribution in [3.63, 3.8) is 0 Å². The van der Waals surface area contributed by atoms with Crippen molar-refractivity contribution < 1.29 is 9.18 Å². The number of nitrogens with zero attached hydrogens (tertiary/aromatic N) is 1. The van der Waals surface area contributed by atoms with Crippen molar-refractivity contribution in [1.29, 1.82) is 0 Å². The number of carbonyl (C=O) groups is 1. The molecular formula is C19H14FN3O.